The molecule has 66 valence electrons. The van der Waals surface area contributed by atoms with Crippen molar-refractivity contribution in [1.29, 1.82) is 0 Å². The summed E-state index contributed by atoms with van der Waals surface area (Å²) >= 11 is 0. The molecule has 1 aromatic rings. The van der Waals surface area contributed by atoms with Crippen molar-refractivity contribution in [3.8, 4) is 0 Å². The van der Waals surface area contributed by atoms with E-state index in [4.69, 9.17) is 5.21 Å². The minimum atomic E-state index is 0.705. The third-order valence-corrected chi connectivity index (χ3v) is 2.38. The molecule has 0 fully saturated rings. The van der Waals surface area contributed by atoms with E-state index in [2.05, 4.69) is 23.4 Å². The second kappa shape index (κ2) is 3.05. The number of hydrogen-bond acceptors (Lipinski definition) is 2. The number of allylic oxidation sites excluding steroid dienone is 1. The maximum Gasteiger partial charge on any atom is 0.0800 e. The second-order valence-corrected chi connectivity index (χ2v) is 3.23. The van der Waals surface area contributed by atoms with E-state index in [9.17, 15) is 0 Å². The van der Waals surface area contributed by atoms with Crippen molar-refractivity contribution >= 4 is 11.8 Å². The van der Waals surface area contributed by atoms with Crippen LogP contribution in [0.25, 0.3) is 6.08 Å². The van der Waals surface area contributed by atoms with Gasteiger partial charge in [0, 0.05) is 0 Å². The molecule has 1 aromatic carbocycles. The van der Waals surface area contributed by atoms with Crippen LogP contribution in [-0.2, 0) is 6.42 Å². The molecule has 0 atom stereocenters. The molecule has 0 amide bonds. The topological polar surface area (TPSA) is 32.6 Å². The van der Waals surface area contributed by atoms with Crippen molar-refractivity contribution in [1.82, 2.24) is 0 Å². The van der Waals surface area contributed by atoms with Crippen LogP contribution in [0.2, 0.25) is 0 Å². The summed E-state index contributed by atoms with van der Waals surface area (Å²) in [5, 5.41) is 11.8. The first-order chi connectivity index (χ1) is 6.31. The highest BCUT2D eigenvalue weighted by atomic mass is 16.4. The van der Waals surface area contributed by atoms with Gasteiger partial charge in [-0.05, 0) is 36.1 Å². The third-order valence-electron chi connectivity index (χ3n) is 2.38. The Morgan fingerprint density at radius 1 is 1.38 bits per heavy atom. The molecule has 0 saturated carbocycles. The molecule has 0 aliphatic heterocycles. The summed E-state index contributed by atoms with van der Waals surface area (Å²) in [6.45, 7) is 1.82. The van der Waals surface area contributed by atoms with Gasteiger partial charge in [-0.25, -0.2) is 0 Å². The maximum absolute atomic E-state index is 8.62. The quantitative estimate of drug-likeness (QED) is 0.395. The predicted octanol–water partition coefficient (Wildman–Crippen LogP) is 2.48. The largest absolute Gasteiger partial charge is 0.411 e. The molecule has 0 unspecified atom stereocenters. The summed E-state index contributed by atoms with van der Waals surface area (Å²) in [6, 6.07) is 8.22. The molecule has 0 radical (unpaired) electrons. The Morgan fingerprint density at radius 2 is 2.15 bits per heavy atom. The van der Waals surface area contributed by atoms with Crippen LogP contribution in [0.3, 0.4) is 0 Å². The number of oxime groups is 1. The molecule has 2 nitrogen and oxygen atoms in total. The fourth-order valence-corrected chi connectivity index (χ4v) is 1.58. The SMILES string of the molecule is CC(=NO)C1=Cc2ccccc2C1. The zero-order valence-corrected chi connectivity index (χ0v) is 7.49. The van der Waals surface area contributed by atoms with Gasteiger partial charge in [-0.2, -0.15) is 0 Å². The lowest BCUT2D eigenvalue weighted by Gasteiger charge is -1.97. The van der Waals surface area contributed by atoms with Crippen molar-refractivity contribution in [2.45, 2.75) is 13.3 Å². The van der Waals surface area contributed by atoms with Gasteiger partial charge in [0.05, 0.1) is 5.71 Å². The van der Waals surface area contributed by atoms with Gasteiger partial charge in [-0.15, -0.1) is 0 Å². The molecule has 0 aromatic heterocycles. The third kappa shape index (κ3) is 1.35. The summed E-state index contributed by atoms with van der Waals surface area (Å²) < 4.78 is 0. The molecule has 1 aliphatic carbocycles. The van der Waals surface area contributed by atoms with Crippen molar-refractivity contribution in [3.05, 3.63) is 41.0 Å². The standard InChI is InChI=1S/C11H11NO/c1-8(12-13)11-6-9-4-2-3-5-10(9)7-11/h2-6,13H,7H2,1H3. The number of fused-ring (bicyclic) bond motifs is 1. The van der Waals surface area contributed by atoms with Crippen LogP contribution < -0.4 is 0 Å². The van der Waals surface area contributed by atoms with Crippen LogP contribution in [-0.4, -0.2) is 10.9 Å². The predicted molar refractivity (Wildman–Crippen MR) is 53.0 cm³/mol. The maximum atomic E-state index is 8.62. The van der Waals surface area contributed by atoms with E-state index in [-0.39, 0.29) is 0 Å². The normalized spacial score (nSPS) is 15.5. The molecular formula is C11H11NO. The average molecular weight is 173 g/mol. The van der Waals surface area contributed by atoms with Crippen LogP contribution in [0.4, 0.5) is 0 Å². The van der Waals surface area contributed by atoms with Crippen molar-refractivity contribution < 1.29 is 5.21 Å². The summed E-state index contributed by atoms with van der Waals surface area (Å²) in [7, 11) is 0. The molecule has 1 aliphatic rings. The monoisotopic (exact) mass is 173 g/mol. The fourth-order valence-electron chi connectivity index (χ4n) is 1.58. The number of benzene rings is 1. The lowest BCUT2D eigenvalue weighted by Crippen LogP contribution is -1.96. The highest BCUT2D eigenvalue weighted by Gasteiger charge is 2.13. The number of nitrogens with zero attached hydrogens (tertiary/aromatic N) is 1. The Kier molecular flexibility index (Phi) is 1.89. The molecule has 0 spiro atoms. The zero-order valence-electron chi connectivity index (χ0n) is 7.49. The Morgan fingerprint density at radius 3 is 2.85 bits per heavy atom. The molecule has 2 heteroatoms. The van der Waals surface area contributed by atoms with Crippen molar-refractivity contribution in [2.24, 2.45) is 5.16 Å². The molecule has 2 rings (SSSR count). The van der Waals surface area contributed by atoms with Crippen LogP contribution in [0.1, 0.15) is 18.1 Å². The van der Waals surface area contributed by atoms with Crippen LogP contribution in [0.5, 0.6) is 0 Å². The van der Waals surface area contributed by atoms with Gasteiger partial charge in [0.25, 0.3) is 0 Å². The number of rotatable bonds is 1. The van der Waals surface area contributed by atoms with Gasteiger partial charge < -0.3 is 5.21 Å². The van der Waals surface area contributed by atoms with E-state index in [1.54, 1.807) is 0 Å². The number of hydrogen-bond donors (Lipinski definition) is 1. The first-order valence-corrected chi connectivity index (χ1v) is 4.29. The van der Waals surface area contributed by atoms with E-state index in [0.29, 0.717) is 5.71 Å². The fraction of sp³-hybridized carbons (Fsp3) is 0.182. The Labute approximate surface area is 77.2 Å². The van der Waals surface area contributed by atoms with E-state index in [0.717, 1.165) is 12.0 Å². The summed E-state index contributed by atoms with van der Waals surface area (Å²) in [6.07, 6.45) is 2.95. The Balaban J connectivity index is 2.36. The molecular weight excluding hydrogens is 162 g/mol. The molecule has 0 bridgehead atoms. The van der Waals surface area contributed by atoms with Crippen molar-refractivity contribution in [3.63, 3.8) is 0 Å². The lowest BCUT2D eigenvalue weighted by atomic mass is 10.1. The molecule has 1 N–H and O–H groups in total. The minimum absolute atomic E-state index is 0.705. The van der Waals surface area contributed by atoms with E-state index >= 15 is 0 Å². The van der Waals surface area contributed by atoms with E-state index in [1.807, 2.05) is 19.1 Å². The molecule has 13 heavy (non-hydrogen) atoms. The van der Waals surface area contributed by atoms with E-state index < -0.39 is 0 Å². The second-order valence-electron chi connectivity index (χ2n) is 3.23. The van der Waals surface area contributed by atoms with Gasteiger partial charge in [0.2, 0.25) is 0 Å². The summed E-state index contributed by atoms with van der Waals surface area (Å²) in [5.41, 5.74) is 4.35. The highest BCUT2D eigenvalue weighted by Crippen LogP contribution is 2.25. The zero-order chi connectivity index (χ0) is 9.26. The molecule has 0 saturated heterocycles. The van der Waals surface area contributed by atoms with Gasteiger partial charge >= 0.3 is 0 Å². The smallest absolute Gasteiger partial charge is 0.0800 e. The first kappa shape index (κ1) is 8.05. The first-order valence-electron chi connectivity index (χ1n) is 4.29. The van der Waals surface area contributed by atoms with Gasteiger partial charge in [0.15, 0.2) is 0 Å². The van der Waals surface area contributed by atoms with Gasteiger partial charge in [-0.1, -0.05) is 29.4 Å². The Hall–Kier alpha value is -1.57. The van der Waals surface area contributed by atoms with Crippen LogP contribution in [0, 0.1) is 0 Å². The summed E-state index contributed by atoms with van der Waals surface area (Å²) in [4.78, 5) is 0. The van der Waals surface area contributed by atoms with E-state index in [1.165, 1.54) is 11.1 Å². The van der Waals surface area contributed by atoms with Crippen molar-refractivity contribution in [2.75, 3.05) is 0 Å². The van der Waals surface area contributed by atoms with Gasteiger partial charge in [-0.3, -0.25) is 0 Å². The Bertz CT molecular complexity index is 391. The lowest BCUT2D eigenvalue weighted by molar-refractivity contribution is 0.319. The summed E-state index contributed by atoms with van der Waals surface area (Å²) in [5.74, 6) is 0. The molecule has 0 heterocycles. The minimum Gasteiger partial charge on any atom is -0.411 e. The van der Waals surface area contributed by atoms with Crippen LogP contribution >= 0.6 is 0 Å². The van der Waals surface area contributed by atoms with Gasteiger partial charge in [0.1, 0.15) is 0 Å². The average Bonchev–Trinajstić information content (AvgIpc) is 2.59. The highest BCUT2D eigenvalue weighted by molar-refractivity contribution is 6.03. The van der Waals surface area contributed by atoms with Crippen LogP contribution in [0.15, 0.2) is 35.0 Å².